The minimum atomic E-state index is -0.533. The summed E-state index contributed by atoms with van der Waals surface area (Å²) >= 11 is 0. The van der Waals surface area contributed by atoms with Gasteiger partial charge in [-0.3, -0.25) is 14.6 Å². The zero-order chi connectivity index (χ0) is 18.8. The molecule has 140 valence electrons. The molecule has 2 atom stereocenters. The van der Waals surface area contributed by atoms with Crippen LogP contribution in [0.25, 0.3) is 0 Å². The van der Waals surface area contributed by atoms with Crippen molar-refractivity contribution in [2.45, 2.75) is 38.9 Å². The zero-order valence-corrected chi connectivity index (χ0v) is 15.8. The number of amides is 3. The van der Waals surface area contributed by atoms with Crippen LogP contribution in [0.4, 0.5) is 10.6 Å². The second-order valence-corrected chi connectivity index (χ2v) is 6.78. The summed E-state index contributed by atoms with van der Waals surface area (Å²) in [5, 5.41) is 3.22. The molecule has 0 aliphatic carbocycles. The summed E-state index contributed by atoms with van der Waals surface area (Å²) in [4.78, 5) is 39.6. The number of carbonyl (C=O) groups is 2. The first-order valence-electron chi connectivity index (χ1n) is 9.08. The van der Waals surface area contributed by atoms with Crippen molar-refractivity contribution < 1.29 is 9.59 Å². The first kappa shape index (κ1) is 18.2. The molecule has 26 heavy (non-hydrogen) atoms. The molecule has 0 bridgehead atoms. The molecular weight excluding hydrogens is 332 g/mol. The van der Waals surface area contributed by atoms with Crippen molar-refractivity contribution in [2.75, 3.05) is 32.1 Å². The van der Waals surface area contributed by atoms with Crippen molar-refractivity contribution in [3.63, 3.8) is 0 Å². The fourth-order valence-corrected chi connectivity index (χ4v) is 3.28. The van der Waals surface area contributed by atoms with E-state index in [1.165, 1.54) is 4.90 Å². The number of urea groups is 1. The summed E-state index contributed by atoms with van der Waals surface area (Å²) in [6, 6.07) is 3.05. The van der Waals surface area contributed by atoms with Crippen LogP contribution < -0.4 is 10.2 Å². The number of nitrogens with zero attached hydrogens (tertiary/aromatic N) is 5. The van der Waals surface area contributed by atoms with Gasteiger partial charge in [0.15, 0.2) is 6.17 Å². The fraction of sp³-hybridized carbons (Fsp3) is 0.556. The van der Waals surface area contributed by atoms with Crippen molar-refractivity contribution in [3.8, 4) is 0 Å². The molecule has 1 saturated heterocycles. The van der Waals surface area contributed by atoms with Crippen LogP contribution in [0.2, 0.25) is 0 Å². The van der Waals surface area contributed by atoms with Crippen LogP contribution >= 0.6 is 0 Å². The molecule has 1 aromatic rings. The number of aromatic nitrogens is 1. The smallest absolute Gasteiger partial charge is 0.328 e. The minimum absolute atomic E-state index is 0.203. The van der Waals surface area contributed by atoms with E-state index in [2.05, 4.69) is 15.3 Å². The van der Waals surface area contributed by atoms with Gasteiger partial charge in [0.1, 0.15) is 17.7 Å². The van der Waals surface area contributed by atoms with E-state index < -0.39 is 12.2 Å². The molecular formula is C18H26N6O2. The Morgan fingerprint density at radius 1 is 1.15 bits per heavy atom. The molecule has 8 heteroatoms. The fourth-order valence-electron chi connectivity index (χ4n) is 3.28. The lowest BCUT2D eigenvalue weighted by Crippen LogP contribution is -2.65. The predicted octanol–water partition coefficient (Wildman–Crippen LogP) is 1.28. The third-order valence-corrected chi connectivity index (χ3v) is 4.57. The van der Waals surface area contributed by atoms with Gasteiger partial charge in [0, 0.05) is 38.9 Å². The Hall–Kier alpha value is -2.64. The molecule has 1 fully saturated rings. The van der Waals surface area contributed by atoms with Crippen molar-refractivity contribution in [1.29, 1.82) is 0 Å². The number of nitrogens with one attached hydrogen (secondary N) is 1. The van der Waals surface area contributed by atoms with Crippen molar-refractivity contribution in [2.24, 2.45) is 4.99 Å². The monoisotopic (exact) mass is 358 g/mol. The number of hydrogen-bond donors (Lipinski definition) is 1. The highest BCUT2D eigenvalue weighted by Crippen LogP contribution is 2.25. The molecule has 8 nitrogen and oxygen atoms in total. The predicted molar refractivity (Wildman–Crippen MR) is 100 cm³/mol. The van der Waals surface area contributed by atoms with Gasteiger partial charge in [-0.15, -0.1) is 0 Å². The number of fused-ring (bicyclic) bond motifs is 1. The molecule has 2 unspecified atom stereocenters. The number of hydrogen-bond acceptors (Lipinski definition) is 6. The quantitative estimate of drug-likeness (QED) is 0.828. The molecule has 0 spiro atoms. The van der Waals surface area contributed by atoms with Crippen LogP contribution in [-0.2, 0) is 4.79 Å². The van der Waals surface area contributed by atoms with E-state index in [-0.39, 0.29) is 11.9 Å². The largest absolute Gasteiger partial charge is 0.363 e. The third-order valence-electron chi connectivity index (χ3n) is 4.57. The molecule has 0 aromatic carbocycles. The van der Waals surface area contributed by atoms with Gasteiger partial charge in [-0.1, -0.05) is 13.8 Å². The second-order valence-electron chi connectivity index (χ2n) is 6.78. The average molecular weight is 358 g/mol. The van der Waals surface area contributed by atoms with Crippen LogP contribution in [0.15, 0.2) is 23.3 Å². The Labute approximate surface area is 153 Å². The first-order chi connectivity index (χ1) is 12.5. The van der Waals surface area contributed by atoms with Gasteiger partial charge in [0.2, 0.25) is 0 Å². The maximum Gasteiger partial charge on any atom is 0.328 e. The van der Waals surface area contributed by atoms with Crippen molar-refractivity contribution in [3.05, 3.63) is 23.9 Å². The van der Waals surface area contributed by atoms with Crippen LogP contribution in [0.5, 0.6) is 0 Å². The second kappa shape index (κ2) is 7.31. The molecule has 2 aliphatic heterocycles. The highest BCUT2D eigenvalue weighted by Gasteiger charge is 2.49. The van der Waals surface area contributed by atoms with Gasteiger partial charge in [0.05, 0.1) is 0 Å². The Balaban J connectivity index is 1.89. The van der Waals surface area contributed by atoms with Gasteiger partial charge in [0.25, 0.3) is 5.91 Å². The van der Waals surface area contributed by atoms with E-state index >= 15 is 0 Å². The number of pyridine rings is 1. The SMILES string of the molecule is CCCN1C(=O)C2NC(c3ccc(N(C)C)nc3)=NC2N(CCC)C1=O. The molecule has 2 aliphatic rings. The number of imide groups is 1. The zero-order valence-electron chi connectivity index (χ0n) is 15.8. The molecule has 0 radical (unpaired) electrons. The summed E-state index contributed by atoms with van der Waals surface area (Å²) in [5.74, 6) is 1.25. The van der Waals surface area contributed by atoms with Gasteiger partial charge in [-0.2, -0.15) is 0 Å². The summed E-state index contributed by atoms with van der Waals surface area (Å²) < 4.78 is 0. The van der Waals surface area contributed by atoms with E-state index in [9.17, 15) is 9.59 Å². The molecule has 1 aromatic heterocycles. The Morgan fingerprint density at radius 3 is 2.46 bits per heavy atom. The Morgan fingerprint density at radius 2 is 1.88 bits per heavy atom. The Kier molecular flexibility index (Phi) is 5.11. The molecule has 3 amide bonds. The maximum absolute atomic E-state index is 12.8. The molecule has 3 heterocycles. The molecule has 3 rings (SSSR count). The average Bonchev–Trinajstić information content (AvgIpc) is 3.08. The van der Waals surface area contributed by atoms with Crippen LogP contribution in [0, 0.1) is 0 Å². The number of carbonyl (C=O) groups excluding carboxylic acids is 2. The van der Waals surface area contributed by atoms with E-state index in [4.69, 9.17) is 0 Å². The number of aliphatic imine (C=N–C) groups is 1. The summed E-state index contributed by atoms with van der Waals surface area (Å²) in [6.07, 6.45) is 2.79. The lowest BCUT2D eigenvalue weighted by molar-refractivity contribution is -0.134. The van der Waals surface area contributed by atoms with E-state index in [1.807, 2.05) is 45.0 Å². The molecule has 0 saturated carbocycles. The summed E-state index contributed by atoms with van der Waals surface area (Å²) in [6.45, 7) is 4.97. The van der Waals surface area contributed by atoms with E-state index in [0.29, 0.717) is 18.9 Å². The third kappa shape index (κ3) is 3.11. The lowest BCUT2D eigenvalue weighted by atomic mass is 10.1. The topological polar surface area (TPSA) is 81.1 Å². The van der Waals surface area contributed by atoms with Gasteiger partial charge in [-0.25, -0.2) is 14.8 Å². The van der Waals surface area contributed by atoms with Gasteiger partial charge in [-0.05, 0) is 25.0 Å². The van der Waals surface area contributed by atoms with Crippen molar-refractivity contribution in [1.82, 2.24) is 20.1 Å². The van der Waals surface area contributed by atoms with Crippen LogP contribution in [0.1, 0.15) is 32.3 Å². The maximum atomic E-state index is 12.8. The number of anilines is 1. The van der Waals surface area contributed by atoms with E-state index in [1.54, 1.807) is 11.1 Å². The minimum Gasteiger partial charge on any atom is -0.363 e. The standard InChI is InChI=1S/C18H26N6O2/c1-5-9-23-16-14(17(25)24(10-6-2)18(23)26)20-15(21-16)12-7-8-13(19-11-12)22(3)4/h7-8,11,14,16H,5-6,9-10H2,1-4H3,(H,20,21). The Bertz CT molecular complexity index is 715. The van der Waals surface area contributed by atoms with Crippen LogP contribution in [0.3, 0.4) is 0 Å². The van der Waals surface area contributed by atoms with Gasteiger partial charge >= 0.3 is 6.03 Å². The highest BCUT2D eigenvalue weighted by atomic mass is 16.2. The first-order valence-corrected chi connectivity index (χ1v) is 9.08. The lowest BCUT2D eigenvalue weighted by Gasteiger charge is -2.40. The summed E-state index contributed by atoms with van der Waals surface area (Å²) in [7, 11) is 3.86. The van der Waals surface area contributed by atoms with Gasteiger partial charge < -0.3 is 10.2 Å². The molecule has 1 N–H and O–H groups in total. The number of amidine groups is 1. The highest BCUT2D eigenvalue weighted by molar-refractivity contribution is 6.08. The normalized spacial score (nSPS) is 22.2. The van der Waals surface area contributed by atoms with E-state index in [0.717, 1.165) is 24.2 Å². The van der Waals surface area contributed by atoms with Crippen LogP contribution in [-0.4, -0.2) is 72.0 Å². The summed E-state index contributed by atoms with van der Waals surface area (Å²) in [5.41, 5.74) is 0.809. The van der Waals surface area contributed by atoms with Crippen molar-refractivity contribution >= 4 is 23.6 Å². The number of rotatable bonds is 6.